The van der Waals surface area contributed by atoms with Gasteiger partial charge in [0.15, 0.2) is 10.9 Å². The predicted octanol–water partition coefficient (Wildman–Crippen LogP) is 3.04. The minimum atomic E-state index is -0.674. The highest BCUT2D eigenvalue weighted by Crippen LogP contribution is 2.52. The summed E-state index contributed by atoms with van der Waals surface area (Å²) in [5, 5.41) is 8.54. The summed E-state index contributed by atoms with van der Waals surface area (Å²) in [4.78, 5) is 29.4. The van der Waals surface area contributed by atoms with Crippen molar-refractivity contribution in [2.45, 2.75) is 31.4 Å². The Balaban J connectivity index is 1.38. The summed E-state index contributed by atoms with van der Waals surface area (Å²) in [6.45, 7) is 0. The summed E-state index contributed by atoms with van der Waals surface area (Å²) in [6, 6.07) is 7.36. The van der Waals surface area contributed by atoms with E-state index in [-0.39, 0.29) is 29.6 Å². The number of hydrogen-bond acceptors (Lipinski definition) is 5. The van der Waals surface area contributed by atoms with Crippen LogP contribution in [0, 0.1) is 17.8 Å². The van der Waals surface area contributed by atoms with Crippen molar-refractivity contribution in [3.05, 3.63) is 41.4 Å². The van der Waals surface area contributed by atoms with Crippen molar-refractivity contribution in [3.63, 3.8) is 0 Å². The van der Waals surface area contributed by atoms with Gasteiger partial charge in [0.05, 0.1) is 5.56 Å². The molecule has 4 aliphatic rings. The highest BCUT2D eigenvalue weighted by molar-refractivity contribution is 7.13. The number of ether oxygens (including phenoxy) is 1. The van der Waals surface area contributed by atoms with Gasteiger partial charge in [-0.25, -0.2) is 4.98 Å². The van der Waals surface area contributed by atoms with E-state index in [0.717, 1.165) is 19.3 Å². The predicted molar refractivity (Wildman–Crippen MR) is 96.9 cm³/mol. The molecule has 3 fully saturated rings. The molecule has 0 saturated heterocycles. The van der Waals surface area contributed by atoms with Gasteiger partial charge in [-0.05, 0) is 37.3 Å². The van der Waals surface area contributed by atoms with Gasteiger partial charge in [-0.15, -0.1) is 11.3 Å². The summed E-state index contributed by atoms with van der Waals surface area (Å²) >= 11 is 1.42. The van der Waals surface area contributed by atoms with E-state index in [1.807, 2.05) is 23.6 Å². The molecule has 0 unspecified atom stereocenters. The van der Waals surface area contributed by atoms with Crippen molar-refractivity contribution in [2.75, 3.05) is 5.32 Å². The number of hydrogen-bond donors (Lipinski definition) is 2. The summed E-state index contributed by atoms with van der Waals surface area (Å²) < 4.78 is 6.32. The zero-order valence-electron chi connectivity index (χ0n) is 14.1. The van der Waals surface area contributed by atoms with E-state index < -0.39 is 5.72 Å². The number of benzene rings is 1. The lowest BCUT2D eigenvalue weighted by atomic mass is 9.60. The molecule has 2 bridgehead atoms. The SMILES string of the molecule is O=C1N[C@]2(C[C@H]3CC[C@@H]2C[C@@H]3C(=O)Nc2nccs2)Oc2ccccc21. The van der Waals surface area contributed by atoms with E-state index in [4.69, 9.17) is 4.74 Å². The number of para-hydroxylation sites is 1. The third-order valence-electron chi connectivity index (χ3n) is 5.97. The average Bonchev–Trinajstić information content (AvgIpc) is 3.15. The summed E-state index contributed by atoms with van der Waals surface area (Å²) in [7, 11) is 0. The van der Waals surface area contributed by atoms with Crippen LogP contribution in [0.5, 0.6) is 5.75 Å². The molecule has 6 nitrogen and oxygen atoms in total. The van der Waals surface area contributed by atoms with Gasteiger partial charge in [-0.1, -0.05) is 12.1 Å². The van der Waals surface area contributed by atoms with Crippen LogP contribution >= 0.6 is 11.3 Å². The summed E-state index contributed by atoms with van der Waals surface area (Å²) in [5.74, 6) is 0.881. The van der Waals surface area contributed by atoms with Crippen LogP contribution in [-0.2, 0) is 4.79 Å². The molecule has 26 heavy (non-hydrogen) atoms. The van der Waals surface area contributed by atoms with Gasteiger partial charge in [0.2, 0.25) is 5.91 Å². The Morgan fingerprint density at radius 1 is 1.35 bits per heavy atom. The first-order valence-electron chi connectivity index (χ1n) is 8.95. The van der Waals surface area contributed by atoms with Crippen LogP contribution in [-0.4, -0.2) is 22.5 Å². The van der Waals surface area contributed by atoms with Crippen LogP contribution < -0.4 is 15.4 Å². The van der Waals surface area contributed by atoms with E-state index in [2.05, 4.69) is 15.6 Å². The Bertz CT molecular complexity index is 869. The highest BCUT2D eigenvalue weighted by atomic mass is 32.1. The number of carbonyl (C=O) groups excluding carboxylic acids is 2. The van der Waals surface area contributed by atoms with Crippen molar-refractivity contribution in [1.82, 2.24) is 10.3 Å². The minimum absolute atomic E-state index is 0.0343. The molecule has 2 amide bonds. The second-order valence-corrected chi connectivity index (χ2v) is 8.24. The molecule has 1 spiro atoms. The largest absolute Gasteiger partial charge is 0.467 e. The number of amides is 2. The lowest BCUT2D eigenvalue weighted by molar-refractivity contribution is -0.142. The highest BCUT2D eigenvalue weighted by Gasteiger charge is 2.57. The Hall–Kier alpha value is -2.41. The van der Waals surface area contributed by atoms with Gasteiger partial charge in [0, 0.05) is 29.8 Å². The molecule has 7 heteroatoms. The number of carbonyl (C=O) groups is 2. The number of nitrogens with zero attached hydrogens (tertiary/aromatic N) is 1. The molecule has 134 valence electrons. The molecule has 2 N–H and O–H groups in total. The Kier molecular flexibility index (Phi) is 3.53. The van der Waals surface area contributed by atoms with Crippen LogP contribution in [0.4, 0.5) is 5.13 Å². The second-order valence-electron chi connectivity index (χ2n) is 7.35. The zero-order valence-corrected chi connectivity index (χ0v) is 14.9. The fourth-order valence-electron chi connectivity index (χ4n) is 4.76. The van der Waals surface area contributed by atoms with Crippen molar-refractivity contribution < 1.29 is 14.3 Å². The fraction of sp³-hybridized carbons (Fsp3) is 0.421. The van der Waals surface area contributed by atoms with Crippen LogP contribution in [0.2, 0.25) is 0 Å². The number of nitrogens with one attached hydrogen (secondary N) is 2. The van der Waals surface area contributed by atoms with Gasteiger partial charge < -0.3 is 15.4 Å². The van der Waals surface area contributed by atoms with Crippen molar-refractivity contribution in [3.8, 4) is 5.75 Å². The number of thiazole rings is 1. The van der Waals surface area contributed by atoms with Crippen molar-refractivity contribution >= 4 is 28.3 Å². The molecule has 1 aromatic heterocycles. The molecule has 1 aliphatic heterocycles. The second kappa shape index (κ2) is 5.81. The maximum absolute atomic E-state index is 12.7. The van der Waals surface area contributed by atoms with Gasteiger partial charge in [0.25, 0.3) is 5.91 Å². The molecular formula is C19H19N3O3S. The molecule has 0 radical (unpaired) electrons. The van der Waals surface area contributed by atoms with E-state index in [1.165, 1.54) is 11.3 Å². The van der Waals surface area contributed by atoms with Crippen LogP contribution in [0.3, 0.4) is 0 Å². The molecule has 3 saturated carbocycles. The lowest BCUT2D eigenvalue weighted by Crippen LogP contribution is -2.66. The monoisotopic (exact) mass is 369 g/mol. The molecule has 6 rings (SSSR count). The molecule has 2 heterocycles. The quantitative estimate of drug-likeness (QED) is 0.853. The van der Waals surface area contributed by atoms with Gasteiger partial charge in [-0.3, -0.25) is 9.59 Å². The topological polar surface area (TPSA) is 80.3 Å². The minimum Gasteiger partial charge on any atom is -0.467 e. The van der Waals surface area contributed by atoms with E-state index >= 15 is 0 Å². The maximum Gasteiger partial charge on any atom is 0.258 e. The number of anilines is 1. The Morgan fingerprint density at radius 3 is 3.00 bits per heavy atom. The van der Waals surface area contributed by atoms with Gasteiger partial charge in [-0.2, -0.15) is 0 Å². The standard InChI is InChI=1S/C19H19N3O3S/c23-16(21-18-20-7-8-26-18)14-9-12-6-5-11(14)10-19(12)22-17(24)13-3-1-2-4-15(13)25-19/h1-4,7-8,11-12,14H,5-6,9-10H2,(H,22,24)(H,20,21,23)/t11-,12-,14+,19-/m1/s1. The molecule has 1 aromatic carbocycles. The van der Waals surface area contributed by atoms with Crippen molar-refractivity contribution in [1.29, 1.82) is 0 Å². The first kappa shape index (κ1) is 15.8. The molecule has 4 atom stereocenters. The van der Waals surface area contributed by atoms with Crippen molar-refractivity contribution in [2.24, 2.45) is 17.8 Å². The third-order valence-corrected chi connectivity index (χ3v) is 6.65. The average molecular weight is 369 g/mol. The first-order chi connectivity index (χ1) is 12.6. The van der Waals surface area contributed by atoms with Gasteiger partial charge in [0.1, 0.15) is 5.75 Å². The Labute approximate surface area is 155 Å². The van der Waals surface area contributed by atoms with E-state index in [0.29, 0.717) is 22.9 Å². The van der Waals surface area contributed by atoms with Crippen LogP contribution in [0.25, 0.3) is 0 Å². The van der Waals surface area contributed by atoms with Gasteiger partial charge >= 0.3 is 0 Å². The van der Waals surface area contributed by atoms with E-state index in [9.17, 15) is 9.59 Å². The zero-order chi connectivity index (χ0) is 17.7. The third kappa shape index (κ3) is 2.41. The van der Waals surface area contributed by atoms with Crippen LogP contribution in [0.1, 0.15) is 36.0 Å². The normalized spacial score (nSPS) is 31.8. The lowest BCUT2D eigenvalue weighted by Gasteiger charge is -2.55. The smallest absolute Gasteiger partial charge is 0.258 e. The molecule has 3 aliphatic carbocycles. The summed E-state index contributed by atoms with van der Waals surface area (Å²) in [6.07, 6.45) is 5.04. The number of rotatable bonds is 2. The first-order valence-corrected chi connectivity index (χ1v) is 9.83. The number of fused-ring (bicyclic) bond motifs is 3. The molecule has 2 aromatic rings. The summed E-state index contributed by atoms with van der Waals surface area (Å²) in [5.41, 5.74) is -0.0931. The maximum atomic E-state index is 12.7. The van der Waals surface area contributed by atoms with Crippen LogP contribution in [0.15, 0.2) is 35.8 Å². The fourth-order valence-corrected chi connectivity index (χ4v) is 5.30. The number of aromatic nitrogens is 1. The molecular weight excluding hydrogens is 350 g/mol. The van der Waals surface area contributed by atoms with E-state index in [1.54, 1.807) is 12.3 Å². The Morgan fingerprint density at radius 2 is 2.23 bits per heavy atom.